The summed E-state index contributed by atoms with van der Waals surface area (Å²) < 4.78 is 50.9. The molecule has 2 rings (SSSR count). The summed E-state index contributed by atoms with van der Waals surface area (Å²) in [5.74, 6) is -1.71. The standard InChI is InChI=1S/C21H23F3N2O3/c1-11(2)29-20(27)19-17(10-28-5)26-13(4)15(9-25)18(19)14-7-6-12(3)16(8-14)21(22,23)24/h6-8,11,18,26H,10H2,1-5H3. The molecule has 29 heavy (non-hydrogen) atoms. The largest absolute Gasteiger partial charge is 0.460 e. The molecule has 0 fully saturated rings. The van der Waals surface area contributed by atoms with E-state index in [0.717, 1.165) is 6.07 Å². The van der Waals surface area contributed by atoms with Crippen LogP contribution in [0, 0.1) is 18.3 Å². The van der Waals surface area contributed by atoms with Gasteiger partial charge in [-0.15, -0.1) is 0 Å². The molecule has 1 aromatic rings. The maximum absolute atomic E-state index is 13.5. The molecule has 0 bridgehead atoms. The molecule has 1 aromatic carbocycles. The van der Waals surface area contributed by atoms with Crippen molar-refractivity contribution in [3.05, 3.63) is 57.4 Å². The van der Waals surface area contributed by atoms with E-state index in [-0.39, 0.29) is 28.9 Å². The van der Waals surface area contributed by atoms with Crippen molar-refractivity contribution in [3.63, 3.8) is 0 Å². The van der Waals surface area contributed by atoms with Crippen molar-refractivity contribution in [3.8, 4) is 6.07 Å². The first kappa shape index (κ1) is 22.5. The van der Waals surface area contributed by atoms with Crippen LogP contribution in [0.4, 0.5) is 13.2 Å². The van der Waals surface area contributed by atoms with E-state index in [9.17, 15) is 23.2 Å². The lowest BCUT2D eigenvalue weighted by atomic mass is 9.80. The van der Waals surface area contributed by atoms with Crippen LogP contribution in [0.5, 0.6) is 0 Å². The molecule has 0 saturated heterocycles. The smallest absolute Gasteiger partial charge is 0.416 e. The number of allylic oxidation sites excluding steroid dienone is 2. The van der Waals surface area contributed by atoms with Crippen LogP contribution < -0.4 is 5.32 Å². The van der Waals surface area contributed by atoms with Crippen LogP contribution in [0.1, 0.15) is 43.4 Å². The highest BCUT2D eigenvalue weighted by atomic mass is 19.4. The molecule has 0 aliphatic carbocycles. The quantitative estimate of drug-likeness (QED) is 0.734. The number of nitrogens with one attached hydrogen (secondary N) is 1. The SMILES string of the molecule is COCC1=C(C(=O)OC(C)C)C(c2ccc(C)c(C(F)(F)F)c2)C(C#N)=C(C)N1. The van der Waals surface area contributed by atoms with Gasteiger partial charge in [0.1, 0.15) is 0 Å². The number of benzene rings is 1. The number of carbonyl (C=O) groups excluding carboxylic acids is 1. The van der Waals surface area contributed by atoms with Crippen molar-refractivity contribution >= 4 is 5.97 Å². The Kier molecular flexibility index (Phi) is 6.75. The lowest BCUT2D eigenvalue weighted by Crippen LogP contribution is -2.32. The zero-order valence-electron chi connectivity index (χ0n) is 16.9. The monoisotopic (exact) mass is 408 g/mol. The first-order valence-electron chi connectivity index (χ1n) is 8.99. The highest BCUT2D eigenvalue weighted by molar-refractivity contribution is 5.93. The lowest BCUT2D eigenvalue weighted by Gasteiger charge is -2.30. The van der Waals surface area contributed by atoms with Crippen molar-refractivity contribution in [2.75, 3.05) is 13.7 Å². The van der Waals surface area contributed by atoms with Crippen molar-refractivity contribution < 1.29 is 27.4 Å². The summed E-state index contributed by atoms with van der Waals surface area (Å²) in [6.45, 7) is 6.33. The van der Waals surface area contributed by atoms with Crippen LogP contribution >= 0.6 is 0 Å². The van der Waals surface area contributed by atoms with Gasteiger partial charge in [-0.3, -0.25) is 0 Å². The van der Waals surface area contributed by atoms with Crippen molar-refractivity contribution in [2.24, 2.45) is 0 Å². The van der Waals surface area contributed by atoms with E-state index in [0.29, 0.717) is 11.4 Å². The maximum Gasteiger partial charge on any atom is 0.416 e. The van der Waals surface area contributed by atoms with Gasteiger partial charge in [0.05, 0.1) is 47.1 Å². The van der Waals surface area contributed by atoms with E-state index in [1.54, 1.807) is 20.8 Å². The summed E-state index contributed by atoms with van der Waals surface area (Å²) in [6, 6.07) is 5.86. The Morgan fingerprint density at radius 2 is 1.97 bits per heavy atom. The van der Waals surface area contributed by atoms with Crippen LogP contribution in [0.15, 0.2) is 40.7 Å². The molecule has 1 aliphatic rings. The predicted octanol–water partition coefficient (Wildman–Crippen LogP) is 4.35. The average molecular weight is 408 g/mol. The molecule has 156 valence electrons. The topological polar surface area (TPSA) is 71.3 Å². The molecule has 0 spiro atoms. The van der Waals surface area contributed by atoms with E-state index < -0.39 is 29.7 Å². The Balaban J connectivity index is 2.75. The number of ether oxygens (including phenoxy) is 2. The van der Waals surface area contributed by atoms with E-state index in [2.05, 4.69) is 5.32 Å². The Morgan fingerprint density at radius 1 is 1.31 bits per heavy atom. The van der Waals surface area contributed by atoms with Crippen LogP contribution in [0.2, 0.25) is 0 Å². The van der Waals surface area contributed by atoms with Gasteiger partial charge in [0.15, 0.2) is 0 Å². The molecule has 0 radical (unpaired) electrons. The van der Waals surface area contributed by atoms with E-state index in [1.807, 2.05) is 6.07 Å². The Labute approximate surface area is 167 Å². The van der Waals surface area contributed by atoms with Crippen molar-refractivity contribution in [1.29, 1.82) is 5.26 Å². The summed E-state index contributed by atoms with van der Waals surface area (Å²) >= 11 is 0. The molecular formula is C21H23F3N2O3. The number of dihydropyridines is 1. The Hall–Kier alpha value is -2.79. The zero-order chi connectivity index (χ0) is 21.9. The van der Waals surface area contributed by atoms with Crippen molar-refractivity contribution in [1.82, 2.24) is 5.32 Å². The van der Waals surface area contributed by atoms with Gasteiger partial charge in [0.2, 0.25) is 0 Å². The van der Waals surface area contributed by atoms with Crippen LogP contribution in [0.25, 0.3) is 0 Å². The second-order valence-electron chi connectivity index (χ2n) is 7.06. The summed E-state index contributed by atoms with van der Waals surface area (Å²) in [4.78, 5) is 12.9. The summed E-state index contributed by atoms with van der Waals surface area (Å²) in [5, 5.41) is 12.7. The maximum atomic E-state index is 13.5. The molecule has 1 aliphatic heterocycles. The number of carbonyl (C=O) groups is 1. The molecule has 0 saturated carbocycles. The number of hydrogen-bond donors (Lipinski definition) is 1. The lowest BCUT2D eigenvalue weighted by molar-refractivity contribution is -0.143. The van der Waals surface area contributed by atoms with Gasteiger partial charge in [-0.25, -0.2) is 4.79 Å². The third kappa shape index (κ3) is 4.80. The van der Waals surface area contributed by atoms with Crippen LogP contribution in [0.3, 0.4) is 0 Å². The summed E-state index contributed by atoms with van der Waals surface area (Å²) in [7, 11) is 1.43. The number of aryl methyl sites for hydroxylation is 1. The molecule has 1 N–H and O–H groups in total. The van der Waals surface area contributed by atoms with Gasteiger partial charge in [0, 0.05) is 12.8 Å². The minimum Gasteiger partial charge on any atom is -0.460 e. The predicted molar refractivity (Wildman–Crippen MR) is 101 cm³/mol. The molecule has 1 unspecified atom stereocenters. The Bertz CT molecular complexity index is 909. The van der Waals surface area contributed by atoms with Crippen LogP contribution in [-0.4, -0.2) is 25.8 Å². The molecule has 0 aromatic heterocycles. The highest BCUT2D eigenvalue weighted by Gasteiger charge is 2.38. The number of alkyl halides is 3. The molecule has 1 atom stereocenters. The second kappa shape index (κ2) is 8.70. The van der Waals surface area contributed by atoms with Crippen molar-refractivity contribution in [2.45, 2.75) is 45.9 Å². The number of hydrogen-bond acceptors (Lipinski definition) is 5. The summed E-state index contributed by atoms with van der Waals surface area (Å²) in [5.41, 5.74) is 0.450. The van der Waals surface area contributed by atoms with Gasteiger partial charge in [-0.05, 0) is 44.9 Å². The van der Waals surface area contributed by atoms with Gasteiger partial charge < -0.3 is 14.8 Å². The number of nitriles is 1. The van der Waals surface area contributed by atoms with E-state index in [1.165, 1.54) is 26.2 Å². The number of methoxy groups -OCH3 is 1. The van der Waals surface area contributed by atoms with Gasteiger partial charge in [0.25, 0.3) is 0 Å². The Morgan fingerprint density at radius 3 is 2.48 bits per heavy atom. The van der Waals surface area contributed by atoms with Gasteiger partial charge in [-0.1, -0.05) is 12.1 Å². The fraction of sp³-hybridized carbons (Fsp3) is 0.429. The first-order valence-corrected chi connectivity index (χ1v) is 8.99. The third-order valence-electron chi connectivity index (χ3n) is 4.52. The third-order valence-corrected chi connectivity index (χ3v) is 4.52. The van der Waals surface area contributed by atoms with Gasteiger partial charge >= 0.3 is 12.1 Å². The second-order valence-corrected chi connectivity index (χ2v) is 7.06. The number of rotatable bonds is 5. The number of nitrogens with zero attached hydrogens (tertiary/aromatic N) is 1. The highest BCUT2D eigenvalue weighted by Crippen LogP contribution is 2.41. The molecule has 0 amide bonds. The number of esters is 1. The van der Waals surface area contributed by atoms with Gasteiger partial charge in [-0.2, -0.15) is 18.4 Å². The minimum absolute atomic E-state index is 0.00701. The molecular weight excluding hydrogens is 385 g/mol. The fourth-order valence-electron chi connectivity index (χ4n) is 3.28. The van der Waals surface area contributed by atoms with E-state index in [4.69, 9.17) is 9.47 Å². The number of halogens is 3. The average Bonchev–Trinajstić information content (AvgIpc) is 2.60. The normalized spacial score (nSPS) is 17.3. The van der Waals surface area contributed by atoms with E-state index >= 15 is 0 Å². The fourth-order valence-corrected chi connectivity index (χ4v) is 3.28. The zero-order valence-corrected chi connectivity index (χ0v) is 16.9. The summed E-state index contributed by atoms with van der Waals surface area (Å²) in [6.07, 6.45) is -5.00. The molecule has 1 heterocycles. The molecule has 8 heteroatoms. The first-order chi connectivity index (χ1) is 13.5. The molecule has 5 nitrogen and oxygen atoms in total. The minimum atomic E-state index is -4.56. The van der Waals surface area contributed by atoms with Crippen LogP contribution in [-0.2, 0) is 20.4 Å².